The number of nitrogens with one attached hydrogen (secondary N) is 1. The summed E-state index contributed by atoms with van der Waals surface area (Å²) in [5.74, 6) is 0.717. The van der Waals surface area contributed by atoms with Gasteiger partial charge >= 0.3 is 0 Å². The minimum atomic E-state index is 0.232. The topological polar surface area (TPSA) is 67.5 Å². The predicted octanol–water partition coefficient (Wildman–Crippen LogP) is 1.85. The summed E-state index contributed by atoms with van der Waals surface area (Å²) in [5, 5.41) is 11.9. The quantitative estimate of drug-likeness (QED) is 0.488. The van der Waals surface area contributed by atoms with E-state index in [0.717, 1.165) is 30.8 Å². The lowest BCUT2D eigenvalue weighted by molar-refractivity contribution is 0.286. The predicted molar refractivity (Wildman–Crippen MR) is 66.8 cm³/mol. The van der Waals surface area contributed by atoms with E-state index in [1.807, 2.05) is 25.1 Å². The molecule has 1 aromatic rings. The Morgan fingerprint density at radius 2 is 2.19 bits per heavy atom. The molecule has 4 heteroatoms. The van der Waals surface area contributed by atoms with E-state index in [1.54, 1.807) is 0 Å². The Morgan fingerprint density at radius 3 is 2.88 bits per heavy atom. The van der Waals surface area contributed by atoms with Crippen LogP contribution in [0.25, 0.3) is 0 Å². The van der Waals surface area contributed by atoms with Crippen molar-refractivity contribution in [2.45, 2.75) is 19.8 Å². The standard InChI is InChI=1S/C12H20N2O2/c1-2-16-11-7-5-6-10(12(11)13)14-8-3-4-9-15/h5-7,14-15H,2-4,8-9,13H2,1H3. The maximum atomic E-state index is 8.66. The van der Waals surface area contributed by atoms with Crippen molar-refractivity contribution in [2.24, 2.45) is 0 Å². The van der Waals surface area contributed by atoms with E-state index in [0.29, 0.717) is 12.3 Å². The van der Waals surface area contributed by atoms with Gasteiger partial charge in [-0.15, -0.1) is 0 Å². The van der Waals surface area contributed by atoms with Crippen LogP contribution in [-0.2, 0) is 0 Å². The Morgan fingerprint density at radius 1 is 1.38 bits per heavy atom. The minimum absolute atomic E-state index is 0.232. The number of para-hydroxylation sites is 1. The summed E-state index contributed by atoms with van der Waals surface area (Å²) in [4.78, 5) is 0. The SMILES string of the molecule is CCOc1cccc(NCCCCO)c1N. The molecule has 0 atom stereocenters. The van der Waals surface area contributed by atoms with Crippen LogP contribution in [0.1, 0.15) is 19.8 Å². The highest BCUT2D eigenvalue weighted by molar-refractivity contribution is 5.72. The van der Waals surface area contributed by atoms with E-state index in [1.165, 1.54) is 0 Å². The third-order valence-electron chi connectivity index (χ3n) is 2.27. The van der Waals surface area contributed by atoms with Crippen molar-refractivity contribution in [2.75, 3.05) is 30.8 Å². The zero-order valence-electron chi connectivity index (χ0n) is 9.70. The van der Waals surface area contributed by atoms with Crippen LogP contribution in [0.2, 0.25) is 0 Å². The van der Waals surface area contributed by atoms with Crippen LogP contribution in [0, 0.1) is 0 Å². The summed E-state index contributed by atoms with van der Waals surface area (Å²) in [6.07, 6.45) is 1.73. The number of hydrogen-bond donors (Lipinski definition) is 3. The van der Waals surface area contributed by atoms with E-state index in [-0.39, 0.29) is 6.61 Å². The van der Waals surface area contributed by atoms with Gasteiger partial charge < -0.3 is 20.9 Å². The molecule has 4 nitrogen and oxygen atoms in total. The Labute approximate surface area is 96.4 Å². The molecule has 0 aromatic heterocycles. The molecule has 1 aromatic carbocycles. The number of aliphatic hydroxyl groups is 1. The van der Waals surface area contributed by atoms with E-state index in [4.69, 9.17) is 15.6 Å². The number of nitrogens with two attached hydrogens (primary N) is 1. The molecule has 0 amide bonds. The molecule has 1 rings (SSSR count). The van der Waals surface area contributed by atoms with Crippen molar-refractivity contribution in [3.05, 3.63) is 18.2 Å². The van der Waals surface area contributed by atoms with E-state index < -0.39 is 0 Å². The second-order valence-corrected chi connectivity index (χ2v) is 3.51. The molecule has 0 aliphatic carbocycles. The lowest BCUT2D eigenvalue weighted by Crippen LogP contribution is -2.06. The van der Waals surface area contributed by atoms with E-state index in [9.17, 15) is 0 Å². The van der Waals surface area contributed by atoms with Gasteiger partial charge in [0.05, 0.1) is 18.0 Å². The Bertz CT molecular complexity index is 316. The first-order valence-corrected chi connectivity index (χ1v) is 5.65. The van der Waals surface area contributed by atoms with Gasteiger partial charge in [-0.2, -0.15) is 0 Å². The zero-order chi connectivity index (χ0) is 11.8. The highest BCUT2D eigenvalue weighted by Crippen LogP contribution is 2.29. The van der Waals surface area contributed by atoms with Gasteiger partial charge in [0, 0.05) is 13.2 Å². The Hall–Kier alpha value is -1.42. The first-order valence-electron chi connectivity index (χ1n) is 5.65. The van der Waals surface area contributed by atoms with E-state index >= 15 is 0 Å². The molecule has 0 bridgehead atoms. The first-order chi connectivity index (χ1) is 7.79. The molecule has 0 aliphatic rings. The van der Waals surface area contributed by atoms with Crippen molar-refractivity contribution in [1.29, 1.82) is 0 Å². The fourth-order valence-electron chi connectivity index (χ4n) is 1.44. The Kier molecular flexibility index (Phi) is 5.50. The molecule has 0 aliphatic heterocycles. The van der Waals surface area contributed by atoms with Crippen LogP contribution in [-0.4, -0.2) is 24.9 Å². The molecule has 0 saturated carbocycles. The van der Waals surface area contributed by atoms with Crippen molar-refractivity contribution >= 4 is 11.4 Å². The number of anilines is 2. The van der Waals surface area contributed by atoms with Crippen LogP contribution in [0.5, 0.6) is 5.75 Å². The molecule has 0 fully saturated rings. The molecule has 4 N–H and O–H groups in total. The Balaban J connectivity index is 2.55. The van der Waals surface area contributed by atoms with Crippen LogP contribution in [0.3, 0.4) is 0 Å². The van der Waals surface area contributed by atoms with Gasteiger partial charge in [0.25, 0.3) is 0 Å². The number of rotatable bonds is 7. The smallest absolute Gasteiger partial charge is 0.144 e. The molecule has 90 valence electrons. The average molecular weight is 224 g/mol. The normalized spacial score (nSPS) is 10.1. The summed E-state index contributed by atoms with van der Waals surface area (Å²) in [7, 11) is 0. The number of unbranched alkanes of at least 4 members (excludes halogenated alkanes) is 1. The maximum absolute atomic E-state index is 8.66. The largest absolute Gasteiger partial charge is 0.492 e. The number of aliphatic hydroxyl groups excluding tert-OH is 1. The number of nitrogen functional groups attached to an aromatic ring is 1. The minimum Gasteiger partial charge on any atom is -0.492 e. The van der Waals surface area contributed by atoms with Crippen molar-refractivity contribution < 1.29 is 9.84 Å². The fraction of sp³-hybridized carbons (Fsp3) is 0.500. The summed E-state index contributed by atoms with van der Waals surface area (Å²) in [6, 6.07) is 5.70. The second kappa shape index (κ2) is 6.95. The highest BCUT2D eigenvalue weighted by atomic mass is 16.5. The molecule has 0 saturated heterocycles. The molecule has 0 spiro atoms. The zero-order valence-corrected chi connectivity index (χ0v) is 9.70. The van der Waals surface area contributed by atoms with Crippen LogP contribution in [0.4, 0.5) is 11.4 Å². The van der Waals surface area contributed by atoms with Crippen LogP contribution >= 0.6 is 0 Å². The van der Waals surface area contributed by atoms with Crippen molar-refractivity contribution in [3.8, 4) is 5.75 Å². The van der Waals surface area contributed by atoms with Gasteiger partial charge in [-0.1, -0.05) is 6.07 Å². The van der Waals surface area contributed by atoms with E-state index in [2.05, 4.69) is 5.32 Å². The summed E-state index contributed by atoms with van der Waals surface area (Å²) in [6.45, 7) is 3.58. The highest BCUT2D eigenvalue weighted by Gasteiger charge is 2.04. The van der Waals surface area contributed by atoms with Gasteiger partial charge in [-0.25, -0.2) is 0 Å². The summed E-state index contributed by atoms with van der Waals surface area (Å²) >= 11 is 0. The molecule has 0 unspecified atom stereocenters. The first kappa shape index (κ1) is 12.6. The molecule has 0 radical (unpaired) electrons. The van der Waals surface area contributed by atoms with Gasteiger partial charge in [0.1, 0.15) is 5.75 Å². The summed E-state index contributed by atoms with van der Waals surface area (Å²) in [5.41, 5.74) is 7.49. The van der Waals surface area contributed by atoms with Gasteiger partial charge in [0.2, 0.25) is 0 Å². The van der Waals surface area contributed by atoms with Gasteiger partial charge in [-0.3, -0.25) is 0 Å². The van der Waals surface area contributed by atoms with Crippen LogP contribution in [0.15, 0.2) is 18.2 Å². The van der Waals surface area contributed by atoms with Crippen molar-refractivity contribution in [1.82, 2.24) is 0 Å². The van der Waals surface area contributed by atoms with Crippen molar-refractivity contribution in [3.63, 3.8) is 0 Å². The number of benzene rings is 1. The molecular weight excluding hydrogens is 204 g/mol. The number of ether oxygens (including phenoxy) is 1. The average Bonchev–Trinajstić information content (AvgIpc) is 2.29. The van der Waals surface area contributed by atoms with Crippen LogP contribution < -0.4 is 15.8 Å². The number of hydrogen-bond acceptors (Lipinski definition) is 4. The molecule has 16 heavy (non-hydrogen) atoms. The van der Waals surface area contributed by atoms with Gasteiger partial charge in [0.15, 0.2) is 0 Å². The monoisotopic (exact) mass is 224 g/mol. The molecule has 0 heterocycles. The summed E-state index contributed by atoms with van der Waals surface area (Å²) < 4.78 is 5.40. The molecular formula is C12H20N2O2. The third kappa shape index (κ3) is 3.62. The third-order valence-corrected chi connectivity index (χ3v) is 2.27. The maximum Gasteiger partial charge on any atom is 0.144 e. The lowest BCUT2D eigenvalue weighted by atomic mass is 10.2. The lowest BCUT2D eigenvalue weighted by Gasteiger charge is -2.12. The van der Waals surface area contributed by atoms with Gasteiger partial charge in [-0.05, 0) is 31.9 Å². The fourth-order valence-corrected chi connectivity index (χ4v) is 1.44. The second-order valence-electron chi connectivity index (χ2n) is 3.51.